The Balaban J connectivity index is 0.000000179. The number of nitrogens with one attached hydrogen (secondary N) is 2. The SMILES string of the molecule is N[C@@H](Cc1c[nH]c2ccccc12)C(=O)O.O=C(O)[C@H](Cc1c[nH]c2ccccc12)N1C(=O)CCC1=O. The van der Waals surface area contributed by atoms with Crippen molar-refractivity contribution in [3.8, 4) is 0 Å². The first-order chi connectivity index (χ1) is 17.3. The number of hydrogen-bond donors (Lipinski definition) is 5. The number of aromatic nitrogens is 2. The van der Waals surface area contributed by atoms with E-state index in [1.807, 2.05) is 54.7 Å². The third-order valence-corrected chi connectivity index (χ3v) is 6.21. The maximum absolute atomic E-state index is 11.8. The molecule has 2 atom stereocenters. The predicted octanol–water partition coefficient (Wildman–Crippen LogP) is 2.43. The molecule has 10 heteroatoms. The van der Waals surface area contributed by atoms with Crippen molar-refractivity contribution in [3.63, 3.8) is 0 Å². The van der Waals surface area contributed by atoms with Crippen LogP contribution in [0.25, 0.3) is 21.8 Å². The summed E-state index contributed by atoms with van der Waals surface area (Å²) in [6, 6.07) is 13.3. The maximum atomic E-state index is 11.8. The lowest BCUT2D eigenvalue weighted by Gasteiger charge is -2.22. The number of benzene rings is 2. The number of nitrogens with zero attached hydrogens (tertiary/aromatic N) is 1. The summed E-state index contributed by atoms with van der Waals surface area (Å²) in [6.45, 7) is 0. The van der Waals surface area contributed by atoms with E-state index in [4.69, 9.17) is 10.8 Å². The molecule has 1 fully saturated rings. The molecule has 0 unspecified atom stereocenters. The molecule has 186 valence electrons. The molecule has 0 bridgehead atoms. The van der Waals surface area contributed by atoms with Crippen LogP contribution >= 0.6 is 0 Å². The van der Waals surface area contributed by atoms with Gasteiger partial charge < -0.3 is 25.9 Å². The Morgan fingerprint density at radius 3 is 1.75 bits per heavy atom. The molecule has 2 amide bonds. The summed E-state index contributed by atoms with van der Waals surface area (Å²) >= 11 is 0. The molecule has 0 radical (unpaired) electrons. The summed E-state index contributed by atoms with van der Waals surface area (Å²) in [5.74, 6) is -2.95. The molecule has 3 heterocycles. The van der Waals surface area contributed by atoms with Gasteiger partial charge >= 0.3 is 11.9 Å². The van der Waals surface area contributed by atoms with Crippen LogP contribution in [-0.2, 0) is 32.0 Å². The van der Waals surface area contributed by atoms with E-state index in [0.29, 0.717) is 6.42 Å². The van der Waals surface area contributed by atoms with E-state index in [2.05, 4.69) is 9.97 Å². The van der Waals surface area contributed by atoms with Crippen molar-refractivity contribution < 1.29 is 29.4 Å². The van der Waals surface area contributed by atoms with Gasteiger partial charge in [0.05, 0.1) is 0 Å². The molecule has 10 nitrogen and oxygen atoms in total. The fourth-order valence-corrected chi connectivity index (χ4v) is 4.36. The smallest absolute Gasteiger partial charge is 0.327 e. The third-order valence-electron chi connectivity index (χ3n) is 6.21. The lowest BCUT2D eigenvalue weighted by molar-refractivity contribution is -0.154. The number of hydrogen-bond acceptors (Lipinski definition) is 5. The van der Waals surface area contributed by atoms with Crippen molar-refractivity contribution in [2.24, 2.45) is 5.73 Å². The number of H-pyrrole nitrogens is 2. The normalized spacial score (nSPS) is 15.1. The van der Waals surface area contributed by atoms with Gasteiger partial charge in [-0.2, -0.15) is 0 Å². The van der Waals surface area contributed by atoms with Crippen molar-refractivity contribution in [2.75, 3.05) is 0 Å². The average Bonchev–Trinajstić information content (AvgIpc) is 3.55. The molecule has 1 saturated heterocycles. The second-order valence-corrected chi connectivity index (χ2v) is 8.58. The number of rotatable bonds is 7. The van der Waals surface area contributed by atoms with Crippen LogP contribution < -0.4 is 5.73 Å². The highest BCUT2D eigenvalue weighted by atomic mass is 16.4. The van der Waals surface area contributed by atoms with E-state index in [0.717, 1.165) is 37.8 Å². The van der Waals surface area contributed by atoms with E-state index >= 15 is 0 Å². The summed E-state index contributed by atoms with van der Waals surface area (Å²) in [6.07, 6.45) is 4.18. The zero-order valence-electron chi connectivity index (χ0n) is 19.3. The molecule has 2 aromatic carbocycles. The molecule has 4 aromatic rings. The summed E-state index contributed by atoms with van der Waals surface area (Å²) in [5, 5.41) is 20.0. The quantitative estimate of drug-likeness (QED) is 0.248. The minimum Gasteiger partial charge on any atom is -0.480 e. The standard InChI is InChI=1S/C15H14N2O4.C11H12N2O2/c18-13-5-6-14(19)17(13)12(15(20)21)7-9-8-16-11-4-2-1-3-10(9)11;12-9(11(14)15)5-7-6-13-10-4-2-1-3-8(7)10/h1-4,8,12,16H,5-7H2,(H,20,21);1-4,6,9,13H,5,12H2,(H,14,15)/t12-;9-/m00/s1. The van der Waals surface area contributed by atoms with Gasteiger partial charge in [-0.15, -0.1) is 0 Å². The van der Waals surface area contributed by atoms with Crippen LogP contribution in [0, 0.1) is 0 Å². The molecule has 1 aliphatic rings. The number of aliphatic carboxylic acids is 2. The van der Waals surface area contributed by atoms with E-state index in [1.54, 1.807) is 6.20 Å². The Labute approximate surface area is 205 Å². The Morgan fingerprint density at radius 2 is 1.28 bits per heavy atom. The maximum Gasteiger partial charge on any atom is 0.327 e. The van der Waals surface area contributed by atoms with Gasteiger partial charge in [-0.05, 0) is 23.3 Å². The number of carbonyl (C=O) groups excluding carboxylic acids is 2. The molecule has 0 aliphatic carbocycles. The van der Waals surface area contributed by atoms with Gasteiger partial charge in [0.2, 0.25) is 11.8 Å². The van der Waals surface area contributed by atoms with Crippen molar-refractivity contribution in [1.29, 1.82) is 0 Å². The molecule has 5 rings (SSSR count). The van der Waals surface area contributed by atoms with Crippen LogP contribution in [0.15, 0.2) is 60.9 Å². The monoisotopic (exact) mass is 490 g/mol. The highest BCUT2D eigenvalue weighted by molar-refractivity contribution is 6.05. The summed E-state index contributed by atoms with van der Waals surface area (Å²) in [4.78, 5) is 52.7. The Kier molecular flexibility index (Phi) is 7.16. The minimum atomic E-state index is -1.16. The van der Waals surface area contributed by atoms with Gasteiger partial charge in [-0.3, -0.25) is 19.3 Å². The van der Waals surface area contributed by atoms with Gasteiger partial charge in [0, 0.05) is 59.9 Å². The van der Waals surface area contributed by atoms with Crippen molar-refractivity contribution in [1.82, 2.24) is 14.9 Å². The predicted molar refractivity (Wildman–Crippen MR) is 132 cm³/mol. The first-order valence-electron chi connectivity index (χ1n) is 11.4. The molecule has 0 spiro atoms. The van der Waals surface area contributed by atoms with Gasteiger partial charge in [0.1, 0.15) is 12.1 Å². The number of carboxylic acid groups (broad SMARTS) is 2. The van der Waals surface area contributed by atoms with Crippen LogP contribution in [0.3, 0.4) is 0 Å². The van der Waals surface area contributed by atoms with Gasteiger partial charge in [-0.1, -0.05) is 36.4 Å². The number of carbonyl (C=O) groups is 4. The van der Waals surface area contributed by atoms with E-state index < -0.39 is 35.8 Å². The average molecular weight is 491 g/mol. The lowest BCUT2D eigenvalue weighted by atomic mass is 10.0. The molecule has 6 N–H and O–H groups in total. The Morgan fingerprint density at radius 1 is 0.806 bits per heavy atom. The number of nitrogens with two attached hydrogens (primary N) is 1. The highest BCUT2D eigenvalue weighted by Gasteiger charge is 2.39. The van der Waals surface area contributed by atoms with Crippen LogP contribution in [0.5, 0.6) is 0 Å². The highest BCUT2D eigenvalue weighted by Crippen LogP contribution is 2.23. The lowest BCUT2D eigenvalue weighted by Crippen LogP contribution is -2.45. The summed E-state index contributed by atoms with van der Waals surface area (Å²) in [7, 11) is 0. The van der Waals surface area contributed by atoms with Gasteiger partial charge in [0.15, 0.2) is 0 Å². The van der Waals surface area contributed by atoms with E-state index in [1.165, 1.54) is 0 Å². The summed E-state index contributed by atoms with van der Waals surface area (Å²) in [5.41, 5.74) is 9.12. The van der Waals surface area contributed by atoms with E-state index in [-0.39, 0.29) is 19.3 Å². The molecule has 0 saturated carbocycles. The Bertz CT molecular complexity index is 1420. The minimum absolute atomic E-state index is 0.0937. The number of likely N-dealkylation sites (tertiary alicyclic amines) is 1. The first-order valence-corrected chi connectivity index (χ1v) is 11.4. The van der Waals surface area contributed by atoms with Gasteiger partial charge in [-0.25, -0.2) is 4.79 Å². The topological polar surface area (TPSA) is 170 Å². The summed E-state index contributed by atoms with van der Waals surface area (Å²) < 4.78 is 0. The van der Waals surface area contributed by atoms with Crippen molar-refractivity contribution >= 4 is 45.6 Å². The fraction of sp³-hybridized carbons (Fsp3) is 0.231. The second kappa shape index (κ2) is 10.4. The number of fused-ring (bicyclic) bond motifs is 2. The molecule has 2 aromatic heterocycles. The number of para-hydroxylation sites is 2. The zero-order valence-corrected chi connectivity index (χ0v) is 19.3. The first kappa shape index (κ1) is 24.7. The Hall–Kier alpha value is -4.44. The van der Waals surface area contributed by atoms with Crippen LogP contribution in [0.2, 0.25) is 0 Å². The third kappa shape index (κ3) is 5.13. The number of amides is 2. The van der Waals surface area contributed by atoms with E-state index in [9.17, 15) is 24.3 Å². The largest absolute Gasteiger partial charge is 0.480 e. The zero-order chi connectivity index (χ0) is 25.8. The van der Waals surface area contributed by atoms with Crippen LogP contribution in [0.4, 0.5) is 0 Å². The molecular weight excluding hydrogens is 464 g/mol. The molecule has 36 heavy (non-hydrogen) atoms. The van der Waals surface area contributed by atoms with Crippen molar-refractivity contribution in [3.05, 3.63) is 72.1 Å². The van der Waals surface area contributed by atoms with Crippen molar-refractivity contribution in [2.45, 2.75) is 37.8 Å². The molecule has 1 aliphatic heterocycles. The van der Waals surface area contributed by atoms with Gasteiger partial charge in [0.25, 0.3) is 0 Å². The second-order valence-electron chi connectivity index (χ2n) is 8.58. The fourth-order valence-electron chi connectivity index (χ4n) is 4.36. The number of aromatic amines is 2. The van der Waals surface area contributed by atoms with Crippen LogP contribution in [-0.4, -0.2) is 60.9 Å². The number of imide groups is 1. The van der Waals surface area contributed by atoms with Crippen LogP contribution in [0.1, 0.15) is 24.0 Å². The molecular formula is C26H26N4O6. The number of carboxylic acids is 2.